The van der Waals surface area contributed by atoms with E-state index in [1.807, 2.05) is 6.07 Å². The van der Waals surface area contributed by atoms with Crippen LogP contribution in [0.3, 0.4) is 0 Å². The number of furan rings is 2. The van der Waals surface area contributed by atoms with Gasteiger partial charge in [0.05, 0.1) is 0 Å². The molecule has 0 radical (unpaired) electrons. The van der Waals surface area contributed by atoms with Gasteiger partial charge in [0.25, 0.3) is 0 Å². The van der Waals surface area contributed by atoms with Crippen molar-refractivity contribution in [2.24, 2.45) is 0 Å². The lowest BCUT2D eigenvalue weighted by molar-refractivity contribution is 0.657. The highest BCUT2D eigenvalue weighted by Gasteiger charge is 2.38. The van der Waals surface area contributed by atoms with Crippen LogP contribution in [-0.4, -0.2) is 0 Å². The second-order valence-corrected chi connectivity index (χ2v) is 15.5. The van der Waals surface area contributed by atoms with Crippen molar-refractivity contribution in [2.75, 3.05) is 0 Å². The van der Waals surface area contributed by atoms with E-state index in [-0.39, 0.29) is 5.41 Å². The molecule has 2 heterocycles. The van der Waals surface area contributed by atoms with Crippen molar-refractivity contribution in [1.29, 1.82) is 0 Å². The molecule has 0 unspecified atom stereocenters. The second-order valence-electron chi connectivity index (χ2n) is 15.5. The van der Waals surface area contributed by atoms with Crippen molar-refractivity contribution in [3.8, 4) is 44.5 Å². The topological polar surface area (TPSA) is 26.3 Å². The molecule has 0 N–H and O–H groups in total. The summed E-state index contributed by atoms with van der Waals surface area (Å²) in [7, 11) is 0. The van der Waals surface area contributed by atoms with Gasteiger partial charge in [-0.15, -0.1) is 0 Å². The van der Waals surface area contributed by atoms with Crippen molar-refractivity contribution in [1.82, 2.24) is 0 Å². The Morgan fingerprint density at radius 3 is 1.69 bits per heavy atom. The molecule has 0 spiro atoms. The highest BCUT2D eigenvalue weighted by molar-refractivity contribution is 6.23. The van der Waals surface area contributed by atoms with Crippen LogP contribution in [0.25, 0.3) is 110 Å². The van der Waals surface area contributed by atoms with Gasteiger partial charge in [-0.2, -0.15) is 0 Å². The molecule has 1 aliphatic rings. The molecule has 0 amide bonds. The molecule has 0 bridgehead atoms. The first-order chi connectivity index (χ1) is 27.0. The number of hydrogen-bond acceptors (Lipinski definition) is 2. The van der Waals surface area contributed by atoms with Crippen LogP contribution in [0.2, 0.25) is 0 Å². The Morgan fingerprint density at radius 1 is 0.364 bits per heavy atom. The molecule has 0 aliphatic heterocycles. The van der Waals surface area contributed by atoms with Gasteiger partial charge in [0, 0.05) is 32.5 Å². The maximum atomic E-state index is 6.60. The van der Waals surface area contributed by atoms with Crippen LogP contribution >= 0.6 is 0 Å². The average molecular weight is 703 g/mol. The van der Waals surface area contributed by atoms with Crippen molar-refractivity contribution in [3.05, 3.63) is 181 Å². The molecular formula is C53H34O2. The van der Waals surface area contributed by atoms with E-state index in [1.165, 1.54) is 71.4 Å². The van der Waals surface area contributed by atoms with Crippen molar-refractivity contribution in [2.45, 2.75) is 19.3 Å². The Balaban J connectivity index is 1.09. The smallest absolute Gasteiger partial charge is 0.143 e. The van der Waals surface area contributed by atoms with Gasteiger partial charge in [0.15, 0.2) is 0 Å². The first-order valence-electron chi connectivity index (χ1n) is 19.1. The van der Waals surface area contributed by atoms with Gasteiger partial charge in [-0.05, 0) is 102 Å². The monoisotopic (exact) mass is 702 g/mol. The number of hydrogen-bond donors (Lipinski definition) is 0. The van der Waals surface area contributed by atoms with Gasteiger partial charge in [0.1, 0.15) is 22.3 Å². The van der Waals surface area contributed by atoms with Crippen LogP contribution in [0.5, 0.6) is 0 Å². The third-order valence-corrected chi connectivity index (χ3v) is 12.2. The zero-order valence-corrected chi connectivity index (χ0v) is 30.5. The molecule has 0 saturated carbocycles. The lowest BCUT2D eigenvalue weighted by atomic mass is 9.80. The molecule has 0 atom stereocenters. The van der Waals surface area contributed by atoms with Crippen LogP contribution in [0.4, 0.5) is 0 Å². The van der Waals surface area contributed by atoms with E-state index in [2.05, 4.69) is 178 Å². The molecule has 2 heteroatoms. The minimum atomic E-state index is -0.149. The Bertz CT molecular complexity index is 3350. The molecule has 12 rings (SSSR count). The van der Waals surface area contributed by atoms with E-state index in [1.54, 1.807) is 0 Å². The van der Waals surface area contributed by atoms with Crippen LogP contribution in [0.15, 0.2) is 179 Å². The fourth-order valence-corrected chi connectivity index (χ4v) is 9.86. The Kier molecular flexibility index (Phi) is 6.15. The van der Waals surface area contributed by atoms with Crippen LogP contribution in [0.1, 0.15) is 25.0 Å². The first kappa shape index (κ1) is 30.6. The van der Waals surface area contributed by atoms with E-state index in [0.29, 0.717) is 0 Å². The lowest BCUT2D eigenvalue weighted by Gasteiger charge is -2.22. The highest BCUT2D eigenvalue weighted by Crippen LogP contribution is 2.53. The quantitative estimate of drug-likeness (QED) is 0.171. The van der Waals surface area contributed by atoms with Crippen LogP contribution in [0, 0.1) is 0 Å². The standard InChI is InChI=1S/C53H34O2/c1-53(2)44-23-9-7-15-35(44)41-26-28-47-50(51(41)53)43-30-33(25-27-46(43)54-47)49-39-19-5-3-17-37(39)48(38-18-4-6-20-40(38)49)32-14-11-13-31(29-32)34-21-12-22-42-36-16-8-10-24-45(36)55-52(34)42/h3-30H,1-2H3. The summed E-state index contributed by atoms with van der Waals surface area (Å²) in [5.74, 6) is 0. The van der Waals surface area contributed by atoms with E-state index < -0.39 is 0 Å². The van der Waals surface area contributed by atoms with E-state index >= 15 is 0 Å². The summed E-state index contributed by atoms with van der Waals surface area (Å²) >= 11 is 0. The van der Waals surface area contributed by atoms with Crippen LogP contribution < -0.4 is 0 Å². The maximum absolute atomic E-state index is 6.60. The molecule has 0 fully saturated rings. The number of rotatable bonds is 3. The summed E-state index contributed by atoms with van der Waals surface area (Å²) < 4.78 is 13.1. The fourth-order valence-electron chi connectivity index (χ4n) is 9.86. The molecule has 55 heavy (non-hydrogen) atoms. The third kappa shape index (κ3) is 4.20. The molecule has 11 aromatic rings. The van der Waals surface area contributed by atoms with E-state index in [4.69, 9.17) is 8.83 Å². The average Bonchev–Trinajstić information content (AvgIpc) is 3.87. The van der Waals surface area contributed by atoms with E-state index in [9.17, 15) is 0 Å². The minimum absolute atomic E-state index is 0.149. The normalized spacial score (nSPS) is 13.4. The first-order valence-corrected chi connectivity index (χ1v) is 19.1. The molecule has 2 aromatic heterocycles. The molecule has 0 saturated heterocycles. The lowest BCUT2D eigenvalue weighted by Crippen LogP contribution is -2.15. The van der Waals surface area contributed by atoms with E-state index in [0.717, 1.165) is 49.6 Å². The van der Waals surface area contributed by atoms with Gasteiger partial charge in [0.2, 0.25) is 0 Å². The third-order valence-electron chi connectivity index (χ3n) is 12.2. The second kappa shape index (κ2) is 11.1. The summed E-state index contributed by atoms with van der Waals surface area (Å²) in [6.45, 7) is 4.71. The van der Waals surface area contributed by atoms with Gasteiger partial charge < -0.3 is 8.83 Å². The van der Waals surface area contributed by atoms with Gasteiger partial charge >= 0.3 is 0 Å². The summed E-state index contributed by atoms with van der Waals surface area (Å²) in [5.41, 5.74) is 16.0. The molecular weight excluding hydrogens is 669 g/mol. The minimum Gasteiger partial charge on any atom is -0.456 e. The molecule has 2 nitrogen and oxygen atoms in total. The SMILES string of the molecule is CC1(C)c2ccccc2-c2ccc3oc4ccc(-c5c6ccccc6c(-c6cccc(-c7cccc8c7oc7ccccc78)c6)c6ccccc56)cc4c3c21. The summed E-state index contributed by atoms with van der Waals surface area (Å²) in [4.78, 5) is 0. The Hall–Kier alpha value is -6.90. The summed E-state index contributed by atoms with van der Waals surface area (Å²) in [6.07, 6.45) is 0. The maximum Gasteiger partial charge on any atom is 0.143 e. The van der Waals surface area contributed by atoms with Crippen LogP contribution in [-0.2, 0) is 5.41 Å². The van der Waals surface area contributed by atoms with Crippen molar-refractivity contribution in [3.63, 3.8) is 0 Å². The fraction of sp³-hybridized carbons (Fsp3) is 0.0566. The highest BCUT2D eigenvalue weighted by atomic mass is 16.3. The Labute approximate surface area is 317 Å². The number of para-hydroxylation sites is 2. The zero-order chi connectivity index (χ0) is 36.4. The summed E-state index contributed by atoms with van der Waals surface area (Å²) in [6, 6.07) is 61.6. The van der Waals surface area contributed by atoms with Gasteiger partial charge in [-0.25, -0.2) is 0 Å². The zero-order valence-electron chi connectivity index (χ0n) is 30.5. The molecule has 258 valence electrons. The Morgan fingerprint density at radius 2 is 0.927 bits per heavy atom. The number of fused-ring (bicyclic) bond motifs is 12. The molecule has 1 aliphatic carbocycles. The van der Waals surface area contributed by atoms with Crippen molar-refractivity contribution < 1.29 is 8.83 Å². The number of benzene rings is 9. The van der Waals surface area contributed by atoms with Gasteiger partial charge in [-0.3, -0.25) is 0 Å². The van der Waals surface area contributed by atoms with Gasteiger partial charge in [-0.1, -0.05) is 153 Å². The summed E-state index contributed by atoms with van der Waals surface area (Å²) in [5, 5.41) is 9.57. The largest absolute Gasteiger partial charge is 0.456 e. The predicted octanol–water partition coefficient (Wildman–Crippen LogP) is 15.1. The molecule has 9 aromatic carbocycles. The predicted molar refractivity (Wildman–Crippen MR) is 230 cm³/mol. The van der Waals surface area contributed by atoms with Crippen molar-refractivity contribution >= 4 is 65.4 Å².